The number of hydrogen-bond acceptors (Lipinski definition) is 0. The van der Waals surface area contributed by atoms with E-state index in [4.69, 9.17) is 0 Å². The lowest BCUT2D eigenvalue weighted by Crippen LogP contribution is -2.46. The molecule has 0 amide bonds. The summed E-state index contributed by atoms with van der Waals surface area (Å²) in [6.07, 6.45) is 8.68. The molecule has 1 heteroatoms. The Labute approximate surface area is 112 Å². The molecule has 0 N–H and O–H groups in total. The second kappa shape index (κ2) is 5.70. The van der Waals surface area contributed by atoms with Gasteiger partial charge in [-0.1, -0.05) is 84.8 Å². The van der Waals surface area contributed by atoms with Gasteiger partial charge in [-0.25, -0.2) is 0 Å². The molecule has 0 bridgehead atoms. The van der Waals surface area contributed by atoms with Gasteiger partial charge in [0.1, 0.15) is 8.07 Å². The highest BCUT2D eigenvalue weighted by atomic mass is 28.3. The number of benzene rings is 1. The fourth-order valence-electron chi connectivity index (χ4n) is 2.87. The second-order valence-corrected chi connectivity index (χ2v) is 10.0. The molecule has 18 heavy (non-hydrogen) atoms. The van der Waals surface area contributed by atoms with Crippen LogP contribution in [0.25, 0.3) is 0 Å². The van der Waals surface area contributed by atoms with Crippen LogP contribution in [0, 0.1) is 0 Å². The monoisotopic (exact) mass is 256 g/mol. The Morgan fingerprint density at radius 3 is 2.44 bits per heavy atom. The van der Waals surface area contributed by atoms with Crippen LogP contribution in [-0.4, -0.2) is 8.07 Å². The van der Waals surface area contributed by atoms with E-state index in [1.54, 1.807) is 10.4 Å². The van der Waals surface area contributed by atoms with Crippen molar-refractivity contribution in [2.24, 2.45) is 0 Å². The minimum Gasteiger partial charge on any atom is -0.0779 e. The van der Waals surface area contributed by atoms with Gasteiger partial charge in [-0.2, -0.15) is 0 Å². The van der Waals surface area contributed by atoms with Gasteiger partial charge < -0.3 is 0 Å². The van der Waals surface area contributed by atoms with Crippen LogP contribution in [0.3, 0.4) is 0 Å². The van der Waals surface area contributed by atoms with E-state index in [-0.39, 0.29) is 0 Å². The maximum absolute atomic E-state index is 2.55. The van der Waals surface area contributed by atoms with Gasteiger partial charge in [0.25, 0.3) is 0 Å². The molecular weight excluding hydrogens is 232 g/mol. The molecule has 1 aliphatic carbocycles. The molecule has 0 saturated heterocycles. The number of unbranched alkanes of at least 4 members (excludes halogenated alkanes) is 1. The minimum absolute atomic E-state index is 1.19. The molecule has 1 aromatic carbocycles. The summed E-state index contributed by atoms with van der Waals surface area (Å²) in [6, 6.07) is 12.6. The van der Waals surface area contributed by atoms with E-state index >= 15 is 0 Å². The average molecular weight is 256 g/mol. The Morgan fingerprint density at radius 1 is 1.17 bits per heavy atom. The lowest BCUT2D eigenvalue weighted by molar-refractivity contribution is 0.870. The molecule has 0 aliphatic heterocycles. The van der Waals surface area contributed by atoms with Crippen molar-refractivity contribution in [1.29, 1.82) is 0 Å². The lowest BCUT2D eigenvalue weighted by Gasteiger charge is -2.30. The fraction of sp³-hybridized carbons (Fsp3) is 0.412. The molecule has 0 nitrogen and oxygen atoms in total. The van der Waals surface area contributed by atoms with Gasteiger partial charge in [0.15, 0.2) is 0 Å². The van der Waals surface area contributed by atoms with Crippen LogP contribution in [0.4, 0.5) is 0 Å². The first-order chi connectivity index (χ1) is 8.66. The molecule has 0 aromatic heterocycles. The molecule has 2 rings (SSSR count). The third kappa shape index (κ3) is 2.67. The summed E-state index contributed by atoms with van der Waals surface area (Å²) in [6.45, 7) is 7.08. The first-order valence-electron chi connectivity index (χ1n) is 7.10. The van der Waals surface area contributed by atoms with Crippen LogP contribution in [0.5, 0.6) is 0 Å². The molecule has 0 fully saturated rings. The molecule has 0 saturated carbocycles. The van der Waals surface area contributed by atoms with E-state index < -0.39 is 8.07 Å². The Bertz CT molecular complexity index is 456. The van der Waals surface area contributed by atoms with Gasteiger partial charge in [0.05, 0.1) is 0 Å². The van der Waals surface area contributed by atoms with Gasteiger partial charge in [0, 0.05) is 0 Å². The molecule has 1 aliphatic rings. The standard InChI is InChI=1S/C17H24Si/c1-4-5-13-18(3,16-9-7-6-8-10-16)17-12-11-15(2)14-17/h6-11,14H,4-5,12-13H2,1-3H3. The zero-order valence-electron chi connectivity index (χ0n) is 11.9. The van der Waals surface area contributed by atoms with Crippen molar-refractivity contribution in [2.45, 2.75) is 45.7 Å². The van der Waals surface area contributed by atoms with Crippen molar-refractivity contribution < 1.29 is 0 Å². The normalized spacial score (nSPS) is 18.2. The summed E-state index contributed by atoms with van der Waals surface area (Å²) in [7, 11) is -1.45. The summed E-state index contributed by atoms with van der Waals surface area (Å²) in [5.74, 6) is 0. The topological polar surface area (TPSA) is 0 Å². The van der Waals surface area contributed by atoms with Crippen LogP contribution in [0.15, 0.2) is 53.3 Å². The van der Waals surface area contributed by atoms with E-state index in [0.717, 1.165) is 0 Å². The predicted molar refractivity (Wildman–Crippen MR) is 83.9 cm³/mol. The van der Waals surface area contributed by atoms with Crippen LogP contribution < -0.4 is 5.19 Å². The summed E-state index contributed by atoms with van der Waals surface area (Å²) >= 11 is 0. The molecule has 1 atom stereocenters. The van der Waals surface area contributed by atoms with Crippen LogP contribution >= 0.6 is 0 Å². The van der Waals surface area contributed by atoms with E-state index in [1.807, 2.05) is 0 Å². The summed E-state index contributed by atoms with van der Waals surface area (Å²) in [5.41, 5.74) is 1.45. The smallest absolute Gasteiger partial charge is 0.0779 e. The zero-order chi connectivity index (χ0) is 13.0. The van der Waals surface area contributed by atoms with E-state index in [0.29, 0.717) is 0 Å². The summed E-state index contributed by atoms with van der Waals surface area (Å²) in [5, 5.41) is 3.33. The van der Waals surface area contributed by atoms with Crippen molar-refractivity contribution in [3.05, 3.63) is 53.3 Å². The van der Waals surface area contributed by atoms with Crippen molar-refractivity contribution >= 4 is 13.3 Å². The van der Waals surface area contributed by atoms with Gasteiger partial charge in [-0.05, 0) is 19.4 Å². The van der Waals surface area contributed by atoms with Crippen molar-refractivity contribution in [3.8, 4) is 0 Å². The quantitative estimate of drug-likeness (QED) is 0.676. The van der Waals surface area contributed by atoms with Crippen molar-refractivity contribution in [2.75, 3.05) is 0 Å². The van der Waals surface area contributed by atoms with Gasteiger partial charge in [-0.3, -0.25) is 0 Å². The predicted octanol–water partition coefficient (Wildman–Crippen LogP) is 4.59. The molecular formula is C17H24Si. The highest BCUT2D eigenvalue weighted by Gasteiger charge is 2.33. The molecule has 0 radical (unpaired) electrons. The Kier molecular flexibility index (Phi) is 4.23. The average Bonchev–Trinajstić information content (AvgIpc) is 2.84. The van der Waals surface area contributed by atoms with Gasteiger partial charge in [-0.15, -0.1) is 0 Å². The Balaban J connectivity index is 2.32. The zero-order valence-corrected chi connectivity index (χ0v) is 12.9. The first-order valence-corrected chi connectivity index (χ1v) is 9.81. The highest BCUT2D eigenvalue weighted by molar-refractivity contribution is 6.96. The maximum atomic E-state index is 2.55. The van der Waals surface area contributed by atoms with E-state index in [2.05, 4.69) is 62.9 Å². The number of rotatable bonds is 5. The first kappa shape index (κ1) is 13.4. The van der Waals surface area contributed by atoms with Crippen LogP contribution in [0.2, 0.25) is 12.6 Å². The SMILES string of the molecule is CCCC[Si](C)(C1=CC(C)=CC1)c1ccccc1. The highest BCUT2D eigenvalue weighted by Crippen LogP contribution is 2.30. The Hall–Kier alpha value is -1.08. The number of hydrogen-bond donors (Lipinski definition) is 0. The van der Waals surface area contributed by atoms with Gasteiger partial charge in [0.2, 0.25) is 0 Å². The summed E-state index contributed by atoms with van der Waals surface area (Å²) < 4.78 is 0. The third-order valence-corrected chi connectivity index (χ3v) is 8.92. The molecule has 1 aromatic rings. The van der Waals surface area contributed by atoms with E-state index in [9.17, 15) is 0 Å². The van der Waals surface area contributed by atoms with Crippen molar-refractivity contribution in [1.82, 2.24) is 0 Å². The van der Waals surface area contributed by atoms with Gasteiger partial charge >= 0.3 is 0 Å². The van der Waals surface area contributed by atoms with Crippen LogP contribution in [0.1, 0.15) is 33.1 Å². The third-order valence-electron chi connectivity index (χ3n) is 4.20. The molecule has 1 unspecified atom stereocenters. The molecule has 0 spiro atoms. The Morgan fingerprint density at radius 2 is 1.89 bits per heavy atom. The van der Waals surface area contributed by atoms with E-state index in [1.165, 1.54) is 30.9 Å². The van der Waals surface area contributed by atoms with Crippen LogP contribution in [-0.2, 0) is 0 Å². The lowest BCUT2D eigenvalue weighted by atomic mass is 10.3. The number of allylic oxidation sites excluding steroid dienone is 4. The maximum Gasteiger partial charge on any atom is 0.110 e. The largest absolute Gasteiger partial charge is 0.110 e. The summed E-state index contributed by atoms with van der Waals surface area (Å²) in [4.78, 5) is 0. The minimum atomic E-state index is -1.45. The molecule has 96 valence electrons. The fourth-order valence-corrected chi connectivity index (χ4v) is 6.94. The second-order valence-electron chi connectivity index (χ2n) is 5.62. The van der Waals surface area contributed by atoms with Crippen molar-refractivity contribution in [3.63, 3.8) is 0 Å². The molecule has 0 heterocycles.